The lowest BCUT2D eigenvalue weighted by molar-refractivity contribution is -0.117. The highest BCUT2D eigenvalue weighted by atomic mass is 35.5. The lowest BCUT2D eigenvalue weighted by Crippen LogP contribution is -2.25. The van der Waals surface area contributed by atoms with Crippen LogP contribution in [0.2, 0.25) is 0 Å². The van der Waals surface area contributed by atoms with Crippen LogP contribution in [0.5, 0.6) is 0 Å². The zero-order valence-electron chi connectivity index (χ0n) is 6.58. The maximum atomic E-state index is 11.3. The van der Waals surface area contributed by atoms with Gasteiger partial charge in [-0.2, -0.15) is 4.98 Å². The van der Waals surface area contributed by atoms with Crippen molar-refractivity contribution in [3.05, 3.63) is 4.77 Å². The van der Waals surface area contributed by atoms with Crippen LogP contribution in [0.3, 0.4) is 0 Å². The summed E-state index contributed by atoms with van der Waals surface area (Å²) in [7, 11) is 0. The number of nitrogens with zero attached hydrogens (tertiary/aromatic N) is 2. The first-order valence-corrected chi connectivity index (χ1v) is 4.60. The molecule has 2 rings (SSSR count). The normalized spacial score (nSPS) is 22.7. The molecule has 1 aromatic rings. The van der Waals surface area contributed by atoms with Crippen molar-refractivity contribution in [3.8, 4) is 0 Å². The van der Waals surface area contributed by atoms with Crippen LogP contribution in [0.1, 0.15) is 6.42 Å². The number of anilines is 1. The molecule has 2 N–H and O–H groups in total. The van der Waals surface area contributed by atoms with Gasteiger partial charge in [-0.25, -0.2) is 0 Å². The van der Waals surface area contributed by atoms with E-state index >= 15 is 0 Å². The molecule has 1 fully saturated rings. The molecule has 0 radical (unpaired) electrons. The number of amides is 1. The van der Waals surface area contributed by atoms with Gasteiger partial charge < -0.3 is 0 Å². The van der Waals surface area contributed by atoms with Gasteiger partial charge in [0.25, 0.3) is 0 Å². The maximum Gasteiger partial charge on any atom is 0.230 e. The smallest absolute Gasteiger partial charge is 0.230 e. The molecular weight excluding hydrogens is 212 g/mol. The third-order valence-electron chi connectivity index (χ3n) is 1.82. The molecule has 0 spiro atoms. The number of hydrogen-bond acceptors (Lipinski definition) is 3. The van der Waals surface area contributed by atoms with Crippen LogP contribution in [0.25, 0.3) is 0 Å². The van der Waals surface area contributed by atoms with E-state index in [0.29, 0.717) is 23.7 Å². The van der Waals surface area contributed by atoms with E-state index in [1.54, 1.807) is 0 Å². The molecule has 1 aliphatic heterocycles. The number of aromatic amines is 2. The molecule has 0 aliphatic carbocycles. The summed E-state index contributed by atoms with van der Waals surface area (Å²) in [6, 6.07) is 0. The number of H-pyrrole nitrogens is 2. The third-order valence-corrected chi connectivity index (χ3v) is 2.31. The number of nitrogens with one attached hydrogen (secondary N) is 2. The number of carbonyl (C=O) groups is 1. The number of aromatic nitrogens is 3. The first-order valence-electron chi connectivity index (χ1n) is 3.76. The molecule has 1 unspecified atom stereocenters. The molecule has 1 aromatic heterocycles. The Morgan fingerprint density at radius 1 is 1.62 bits per heavy atom. The second-order valence-corrected chi connectivity index (χ2v) is 3.80. The molecule has 0 bridgehead atoms. The van der Waals surface area contributed by atoms with Gasteiger partial charge >= 0.3 is 0 Å². The molecule has 1 amide bonds. The van der Waals surface area contributed by atoms with Crippen LogP contribution >= 0.6 is 23.8 Å². The monoisotopic (exact) mass is 218 g/mol. The van der Waals surface area contributed by atoms with E-state index < -0.39 is 0 Å². The minimum atomic E-state index is -0.133. The molecular formula is C6H7ClN4OS. The molecule has 1 saturated heterocycles. The highest BCUT2D eigenvalue weighted by Crippen LogP contribution is 2.20. The molecule has 5 nitrogen and oxygen atoms in total. The molecule has 70 valence electrons. The predicted octanol–water partition coefficient (Wildman–Crippen LogP) is 0.811. The number of halogens is 1. The Hall–Kier alpha value is -0.880. The topological polar surface area (TPSA) is 64.8 Å². The lowest BCUT2D eigenvalue weighted by Gasteiger charge is -2.09. The molecule has 1 atom stereocenters. The van der Waals surface area contributed by atoms with Gasteiger partial charge in [-0.15, -0.1) is 11.6 Å². The van der Waals surface area contributed by atoms with Gasteiger partial charge in [0.15, 0.2) is 0 Å². The molecule has 7 heteroatoms. The minimum Gasteiger partial charge on any atom is -0.280 e. The second kappa shape index (κ2) is 3.12. The summed E-state index contributed by atoms with van der Waals surface area (Å²) < 4.78 is 0.334. The average Bonchev–Trinajstić information content (AvgIpc) is 2.58. The Balaban J connectivity index is 2.27. The van der Waals surface area contributed by atoms with E-state index in [9.17, 15) is 4.79 Å². The Kier molecular flexibility index (Phi) is 2.09. The van der Waals surface area contributed by atoms with Gasteiger partial charge in [0.2, 0.25) is 16.6 Å². The largest absolute Gasteiger partial charge is 0.280 e. The molecule has 0 saturated carbocycles. The Morgan fingerprint density at radius 2 is 2.38 bits per heavy atom. The molecule has 1 aliphatic rings. The van der Waals surface area contributed by atoms with Crippen molar-refractivity contribution in [2.75, 3.05) is 11.4 Å². The first kappa shape index (κ1) is 8.71. The number of rotatable bonds is 1. The Morgan fingerprint density at radius 3 is 2.85 bits per heavy atom. The summed E-state index contributed by atoms with van der Waals surface area (Å²) in [5, 5.41) is 5.19. The third kappa shape index (κ3) is 1.59. The van der Waals surface area contributed by atoms with Gasteiger partial charge in [0.05, 0.1) is 5.38 Å². The summed E-state index contributed by atoms with van der Waals surface area (Å²) in [5.41, 5.74) is 0. The summed E-state index contributed by atoms with van der Waals surface area (Å²) in [4.78, 5) is 16.7. The molecule has 2 heterocycles. The van der Waals surface area contributed by atoms with Crippen molar-refractivity contribution in [1.29, 1.82) is 0 Å². The van der Waals surface area contributed by atoms with Crippen molar-refractivity contribution in [1.82, 2.24) is 15.2 Å². The van der Waals surface area contributed by atoms with Crippen LogP contribution in [0, 0.1) is 4.77 Å². The maximum absolute atomic E-state index is 11.3. The highest BCUT2D eigenvalue weighted by molar-refractivity contribution is 7.71. The average molecular weight is 219 g/mol. The van der Waals surface area contributed by atoms with Crippen LogP contribution in [0.4, 0.5) is 5.95 Å². The highest BCUT2D eigenvalue weighted by Gasteiger charge is 2.30. The van der Waals surface area contributed by atoms with Crippen molar-refractivity contribution in [2.24, 2.45) is 0 Å². The van der Waals surface area contributed by atoms with E-state index in [2.05, 4.69) is 15.2 Å². The summed E-state index contributed by atoms with van der Waals surface area (Å²) in [6.45, 7) is 0.483. The van der Waals surface area contributed by atoms with Gasteiger partial charge in [-0.05, 0) is 12.2 Å². The van der Waals surface area contributed by atoms with E-state index in [1.165, 1.54) is 4.90 Å². The summed E-state index contributed by atoms with van der Waals surface area (Å²) in [6.07, 6.45) is 0.356. The molecule has 0 aromatic carbocycles. The molecule has 13 heavy (non-hydrogen) atoms. The fourth-order valence-electron chi connectivity index (χ4n) is 1.26. The number of alkyl halides is 1. The lowest BCUT2D eigenvalue weighted by atomic mass is 10.4. The fraction of sp³-hybridized carbons (Fsp3) is 0.500. The van der Waals surface area contributed by atoms with Crippen LogP contribution in [0.15, 0.2) is 0 Å². The van der Waals surface area contributed by atoms with E-state index in [-0.39, 0.29) is 11.3 Å². The van der Waals surface area contributed by atoms with Crippen molar-refractivity contribution in [3.63, 3.8) is 0 Å². The second-order valence-electron chi connectivity index (χ2n) is 2.80. The SMILES string of the molecule is O=C1CC(Cl)CN1c1nc(=S)[nH][nH]1. The Labute approximate surface area is 84.1 Å². The van der Waals surface area contributed by atoms with Crippen molar-refractivity contribution in [2.45, 2.75) is 11.8 Å². The predicted molar refractivity (Wildman–Crippen MR) is 50.4 cm³/mol. The van der Waals surface area contributed by atoms with Crippen LogP contribution in [-0.2, 0) is 4.79 Å². The van der Waals surface area contributed by atoms with Gasteiger partial charge in [-0.3, -0.25) is 19.9 Å². The van der Waals surface area contributed by atoms with Crippen LogP contribution in [-0.4, -0.2) is 33.0 Å². The van der Waals surface area contributed by atoms with E-state index in [4.69, 9.17) is 23.8 Å². The zero-order chi connectivity index (χ0) is 9.42. The van der Waals surface area contributed by atoms with E-state index in [1.807, 2.05) is 0 Å². The minimum absolute atomic E-state index is 0.0299. The van der Waals surface area contributed by atoms with Crippen LogP contribution < -0.4 is 4.90 Å². The van der Waals surface area contributed by atoms with Crippen molar-refractivity contribution < 1.29 is 4.79 Å². The standard InChI is InChI=1S/C6H7ClN4OS/c7-3-1-4(12)11(2-3)5-8-6(13)10-9-5/h3H,1-2H2,(H2,8,9,10,13). The van der Waals surface area contributed by atoms with Gasteiger partial charge in [-0.1, -0.05) is 0 Å². The zero-order valence-corrected chi connectivity index (χ0v) is 8.15. The quantitative estimate of drug-likeness (QED) is 0.542. The van der Waals surface area contributed by atoms with Gasteiger partial charge in [0.1, 0.15) is 0 Å². The number of carbonyl (C=O) groups excluding carboxylic acids is 1. The van der Waals surface area contributed by atoms with Crippen molar-refractivity contribution >= 4 is 35.7 Å². The summed E-state index contributed by atoms with van der Waals surface area (Å²) >= 11 is 10.6. The van der Waals surface area contributed by atoms with E-state index in [0.717, 1.165) is 0 Å². The first-order chi connectivity index (χ1) is 6.16. The number of hydrogen-bond donors (Lipinski definition) is 2. The van der Waals surface area contributed by atoms with Gasteiger partial charge in [0, 0.05) is 13.0 Å². The fourth-order valence-corrected chi connectivity index (χ4v) is 1.67. The Bertz CT molecular complexity index is 386. The summed E-state index contributed by atoms with van der Waals surface area (Å²) in [5.74, 6) is 0.413.